The molecule has 0 bridgehead atoms. The third kappa shape index (κ3) is 6.46. The summed E-state index contributed by atoms with van der Waals surface area (Å²) in [5.41, 5.74) is 1.21. The topological polar surface area (TPSA) is 86.2 Å². The molecule has 0 atom stereocenters. The number of guanidine groups is 1. The highest BCUT2D eigenvalue weighted by Crippen LogP contribution is 2.12. The Kier molecular flexibility index (Phi) is 8.05. The molecule has 1 aliphatic rings. The molecule has 1 amide bonds. The van der Waals surface area contributed by atoms with E-state index < -0.39 is 0 Å². The maximum Gasteiger partial charge on any atom is 0.409 e. The number of carbonyl (C=O) groups is 1. The van der Waals surface area contributed by atoms with E-state index in [1.165, 1.54) is 5.56 Å². The number of nitrogens with zero attached hydrogens (tertiary/aromatic N) is 2. The molecule has 0 aromatic heterocycles. The van der Waals surface area contributed by atoms with E-state index in [4.69, 9.17) is 4.74 Å². The molecule has 0 unspecified atom stereocenters. The summed E-state index contributed by atoms with van der Waals surface area (Å²) in [6, 6.07) is 7.63. The molecule has 3 N–H and O–H groups in total. The van der Waals surface area contributed by atoms with E-state index in [0.29, 0.717) is 31.5 Å². The Morgan fingerprint density at radius 3 is 2.62 bits per heavy atom. The zero-order valence-corrected chi connectivity index (χ0v) is 15.7. The molecule has 26 heavy (non-hydrogen) atoms. The van der Waals surface area contributed by atoms with Crippen molar-refractivity contribution in [3.8, 4) is 5.75 Å². The molecule has 0 spiro atoms. The molecule has 2 rings (SSSR count). The van der Waals surface area contributed by atoms with Crippen molar-refractivity contribution in [1.82, 2.24) is 15.5 Å². The molecule has 1 aliphatic heterocycles. The molecule has 7 nitrogen and oxygen atoms in total. The number of aromatic hydroxyl groups is 1. The van der Waals surface area contributed by atoms with Crippen LogP contribution in [-0.2, 0) is 11.2 Å². The average Bonchev–Trinajstić information content (AvgIpc) is 2.66. The molecule has 1 heterocycles. The second-order valence-corrected chi connectivity index (χ2v) is 6.37. The van der Waals surface area contributed by atoms with Gasteiger partial charge in [0, 0.05) is 32.7 Å². The maximum atomic E-state index is 11.7. The van der Waals surface area contributed by atoms with Crippen LogP contribution in [0, 0.1) is 0 Å². The summed E-state index contributed by atoms with van der Waals surface area (Å²) >= 11 is 0. The second-order valence-electron chi connectivity index (χ2n) is 6.37. The molecule has 144 valence electrons. The van der Waals surface area contributed by atoms with E-state index in [1.807, 2.05) is 19.1 Å². The van der Waals surface area contributed by atoms with E-state index in [1.54, 1.807) is 24.1 Å². The highest BCUT2D eigenvalue weighted by atomic mass is 16.6. The van der Waals surface area contributed by atoms with Gasteiger partial charge in [-0.25, -0.2) is 4.79 Å². The molecule has 1 saturated heterocycles. The highest BCUT2D eigenvalue weighted by molar-refractivity contribution is 5.80. The Bertz CT molecular complexity index is 581. The summed E-state index contributed by atoms with van der Waals surface area (Å²) in [6.07, 6.45) is 3.47. The van der Waals surface area contributed by atoms with Gasteiger partial charge in [-0.15, -0.1) is 0 Å². The van der Waals surface area contributed by atoms with Gasteiger partial charge in [0.2, 0.25) is 0 Å². The number of aliphatic imine (C=N–C) groups is 1. The van der Waals surface area contributed by atoms with E-state index in [9.17, 15) is 9.90 Å². The SMILES string of the molecule is CCOC(=O)N1CCC(NC(=NC)NCCCc2ccc(O)cc2)CC1. The van der Waals surface area contributed by atoms with Gasteiger partial charge in [-0.05, 0) is 50.3 Å². The molecular formula is C19H30N4O3. The van der Waals surface area contributed by atoms with Crippen molar-refractivity contribution in [2.75, 3.05) is 33.3 Å². The number of hydrogen-bond donors (Lipinski definition) is 3. The Hall–Kier alpha value is -2.44. The van der Waals surface area contributed by atoms with E-state index in [2.05, 4.69) is 15.6 Å². The smallest absolute Gasteiger partial charge is 0.409 e. The third-order valence-corrected chi connectivity index (χ3v) is 4.46. The van der Waals surface area contributed by atoms with Crippen molar-refractivity contribution in [1.29, 1.82) is 0 Å². The Labute approximate surface area is 155 Å². The summed E-state index contributed by atoms with van der Waals surface area (Å²) in [7, 11) is 1.77. The molecule has 0 saturated carbocycles. The van der Waals surface area contributed by atoms with Crippen molar-refractivity contribution in [2.45, 2.75) is 38.6 Å². The van der Waals surface area contributed by atoms with Crippen LogP contribution in [0.25, 0.3) is 0 Å². The first-order valence-corrected chi connectivity index (χ1v) is 9.29. The Balaban J connectivity index is 1.65. The fourth-order valence-corrected chi connectivity index (χ4v) is 2.97. The van der Waals surface area contributed by atoms with Crippen molar-refractivity contribution in [2.24, 2.45) is 4.99 Å². The minimum atomic E-state index is -0.220. The molecule has 1 fully saturated rings. The first-order valence-electron chi connectivity index (χ1n) is 9.29. The van der Waals surface area contributed by atoms with Crippen molar-refractivity contribution < 1.29 is 14.6 Å². The number of benzene rings is 1. The first kappa shape index (κ1) is 19.9. The number of aryl methyl sites for hydroxylation is 1. The van der Waals surface area contributed by atoms with Gasteiger partial charge in [-0.2, -0.15) is 0 Å². The van der Waals surface area contributed by atoms with Gasteiger partial charge in [-0.3, -0.25) is 4.99 Å². The van der Waals surface area contributed by atoms with Gasteiger partial charge < -0.3 is 25.4 Å². The predicted molar refractivity (Wildman–Crippen MR) is 103 cm³/mol. The van der Waals surface area contributed by atoms with Gasteiger partial charge in [0.05, 0.1) is 6.61 Å². The molecule has 7 heteroatoms. The van der Waals surface area contributed by atoms with Crippen LogP contribution in [-0.4, -0.2) is 61.4 Å². The van der Waals surface area contributed by atoms with Crippen LogP contribution in [0.4, 0.5) is 4.79 Å². The number of likely N-dealkylation sites (tertiary alicyclic amines) is 1. The standard InChI is InChI=1S/C19H30N4O3/c1-3-26-19(25)23-13-10-16(11-14-23)22-18(20-2)21-12-4-5-15-6-8-17(24)9-7-15/h6-9,16,24H,3-5,10-14H2,1-2H3,(H2,20,21,22). The monoisotopic (exact) mass is 362 g/mol. The Morgan fingerprint density at radius 1 is 1.31 bits per heavy atom. The normalized spacial score (nSPS) is 15.6. The number of carbonyl (C=O) groups excluding carboxylic acids is 1. The molecule has 0 radical (unpaired) electrons. The third-order valence-electron chi connectivity index (χ3n) is 4.46. The first-order chi connectivity index (χ1) is 12.6. The number of nitrogens with one attached hydrogen (secondary N) is 2. The number of phenols is 1. The van der Waals surface area contributed by atoms with Crippen LogP contribution in [0.1, 0.15) is 31.7 Å². The minimum Gasteiger partial charge on any atom is -0.508 e. The van der Waals surface area contributed by atoms with Crippen molar-refractivity contribution in [3.63, 3.8) is 0 Å². The quantitative estimate of drug-likeness (QED) is 0.410. The predicted octanol–water partition coefficient (Wildman–Crippen LogP) is 2.11. The number of rotatable bonds is 6. The van der Waals surface area contributed by atoms with Gasteiger partial charge >= 0.3 is 6.09 Å². The van der Waals surface area contributed by atoms with Gasteiger partial charge in [0.25, 0.3) is 0 Å². The zero-order chi connectivity index (χ0) is 18.8. The van der Waals surface area contributed by atoms with Crippen LogP contribution < -0.4 is 10.6 Å². The van der Waals surface area contributed by atoms with E-state index >= 15 is 0 Å². The van der Waals surface area contributed by atoms with Crippen molar-refractivity contribution >= 4 is 12.1 Å². The lowest BCUT2D eigenvalue weighted by molar-refractivity contribution is 0.0963. The Morgan fingerprint density at radius 2 is 2.00 bits per heavy atom. The van der Waals surface area contributed by atoms with E-state index in [-0.39, 0.29) is 6.09 Å². The number of piperidine rings is 1. The summed E-state index contributed by atoms with van der Waals surface area (Å²) in [5, 5.41) is 16.1. The number of amides is 1. The molecule has 1 aromatic rings. The van der Waals surface area contributed by atoms with Crippen LogP contribution >= 0.6 is 0 Å². The number of ether oxygens (including phenoxy) is 1. The fourth-order valence-electron chi connectivity index (χ4n) is 2.97. The van der Waals surface area contributed by atoms with Crippen LogP contribution in [0.3, 0.4) is 0 Å². The van der Waals surface area contributed by atoms with Crippen LogP contribution in [0.5, 0.6) is 5.75 Å². The second kappa shape index (κ2) is 10.5. The molecule has 1 aromatic carbocycles. The largest absolute Gasteiger partial charge is 0.508 e. The zero-order valence-electron chi connectivity index (χ0n) is 15.7. The van der Waals surface area contributed by atoms with E-state index in [0.717, 1.165) is 38.2 Å². The fraction of sp³-hybridized carbons (Fsp3) is 0.579. The van der Waals surface area contributed by atoms with Gasteiger partial charge in [0.15, 0.2) is 5.96 Å². The van der Waals surface area contributed by atoms with Crippen molar-refractivity contribution in [3.05, 3.63) is 29.8 Å². The number of hydrogen-bond acceptors (Lipinski definition) is 4. The highest BCUT2D eigenvalue weighted by Gasteiger charge is 2.23. The van der Waals surface area contributed by atoms with Gasteiger partial charge in [-0.1, -0.05) is 12.1 Å². The van der Waals surface area contributed by atoms with Gasteiger partial charge in [0.1, 0.15) is 5.75 Å². The lowest BCUT2D eigenvalue weighted by Gasteiger charge is -2.32. The lowest BCUT2D eigenvalue weighted by atomic mass is 10.1. The average molecular weight is 362 g/mol. The lowest BCUT2D eigenvalue weighted by Crippen LogP contribution is -2.50. The summed E-state index contributed by atoms with van der Waals surface area (Å²) in [6.45, 7) is 4.46. The maximum absolute atomic E-state index is 11.7. The van der Waals surface area contributed by atoms with Crippen LogP contribution in [0.15, 0.2) is 29.3 Å². The number of phenolic OH excluding ortho intramolecular Hbond substituents is 1. The molecule has 0 aliphatic carbocycles. The summed E-state index contributed by atoms with van der Waals surface area (Å²) in [4.78, 5) is 17.8. The summed E-state index contributed by atoms with van der Waals surface area (Å²) in [5.74, 6) is 1.09. The summed E-state index contributed by atoms with van der Waals surface area (Å²) < 4.78 is 5.04. The minimum absolute atomic E-state index is 0.220. The molecular weight excluding hydrogens is 332 g/mol. The van der Waals surface area contributed by atoms with Crippen LogP contribution in [0.2, 0.25) is 0 Å².